The zero-order chi connectivity index (χ0) is 26.2. The molecule has 0 radical (unpaired) electrons. The van der Waals surface area contributed by atoms with Crippen LogP contribution in [0.3, 0.4) is 0 Å². The molecule has 1 aliphatic heterocycles. The van der Waals surface area contributed by atoms with Crippen LogP contribution in [0.4, 0.5) is 0 Å². The number of hydrogen-bond donors (Lipinski definition) is 0. The van der Waals surface area contributed by atoms with Gasteiger partial charge in [-0.3, -0.25) is 0 Å². The zero-order valence-corrected chi connectivity index (χ0v) is 22.7. The summed E-state index contributed by atoms with van der Waals surface area (Å²) in [6.45, 7) is 2.19. The van der Waals surface area contributed by atoms with E-state index in [1.165, 1.54) is 15.9 Å². The summed E-state index contributed by atoms with van der Waals surface area (Å²) in [5.41, 5.74) is 0.956. The van der Waals surface area contributed by atoms with Crippen molar-refractivity contribution in [1.29, 1.82) is 0 Å². The third kappa shape index (κ3) is 5.89. The van der Waals surface area contributed by atoms with Gasteiger partial charge in [0, 0.05) is 0 Å². The summed E-state index contributed by atoms with van der Waals surface area (Å²) < 4.78 is 18.3. The topological polar surface area (TPSA) is 44.8 Å². The van der Waals surface area contributed by atoms with Crippen LogP contribution < -0.4 is 15.9 Å². The van der Waals surface area contributed by atoms with Crippen molar-refractivity contribution in [2.45, 2.75) is 38.3 Å². The van der Waals surface area contributed by atoms with E-state index in [4.69, 9.17) is 14.2 Å². The normalized spacial score (nSPS) is 20.0. The first-order chi connectivity index (χ1) is 18.7. The minimum atomic E-state index is -2.52. The van der Waals surface area contributed by atoms with E-state index in [-0.39, 0.29) is 24.6 Å². The first-order valence-electron chi connectivity index (χ1n) is 13.4. The monoisotopic (exact) mass is 526 g/mol. The molecular weight excluding hydrogens is 491 g/mol. The number of esters is 1. The van der Waals surface area contributed by atoms with Crippen LogP contribution in [0.5, 0.6) is 0 Å². The molecule has 0 bridgehead atoms. The summed E-state index contributed by atoms with van der Waals surface area (Å²) >= 11 is 0. The fourth-order valence-electron chi connectivity index (χ4n) is 5.59. The second-order valence-electron chi connectivity index (χ2n) is 9.71. The molecule has 1 aliphatic rings. The molecule has 1 unspecified atom stereocenters. The zero-order valence-electron chi connectivity index (χ0n) is 21.7. The average molecular weight is 527 g/mol. The summed E-state index contributed by atoms with van der Waals surface area (Å²) in [6, 6.07) is 42.6. The molecule has 4 aromatic carbocycles. The third-order valence-corrected chi connectivity index (χ3v) is 12.3. The quantitative estimate of drug-likeness (QED) is 0.212. The van der Waals surface area contributed by atoms with Gasteiger partial charge in [0.05, 0.1) is 0 Å². The number of carbonyl (C=O) groups is 1. The molecule has 4 aromatic rings. The molecule has 38 heavy (non-hydrogen) atoms. The Balaban J connectivity index is 1.58. The standard InChI is InChI=1S/C33H35O4P/c1-2-35-32(34)24-27-23-28(37-33(36-27)26-15-7-3-8-16-26)25-38(29-17-9-4-10-18-29,30-19-11-5-12-20-30)31-21-13-6-14-22-31/h3-22,27-28,33,38H,2,23-25H2,1H3/t27-,28+,33?/m1/s1. The van der Waals surface area contributed by atoms with Crippen LogP contribution in [0.2, 0.25) is 0 Å². The Hall–Kier alpha value is -3.30. The first-order valence-corrected chi connectivity index (χ1v) is 15.6. The summed E-state index contributed by atoms with van der Waals surface area (Å²) in [6.07, 6.45) is 0.740. The van der Waals surface area contributed by atoms with Gasteiger partial charge in [0.2, 0.25) is 0 Å². The van der Waals surface area contributed by atoms with E-state index in [2.05, 4.69) is 91.0 Å². The van der Waals surface area contributed by atoms with Gasteiger partial charge in [-0.15, -0.1) is 0 Å². The van der Waals surface area contributed by atoms with E-state index >= 15 is 0 Å². The molecule has 5 heteroatoms. The second-order valence-corrected chi connectivity index (χ2v) is 13.7. The van der Waals surface area contributed by atoms with E-state index < -0.39 is 13.6 Å². The van der Waals surface area contributed by atoms with Gasteiger partial charge in [0.15, 0.2) is 0 Å². The molecule has 0 aromatic heterocycles. The van der Waals surface area contributed by atoms with Crippen LogP contribution in [-0.2, 0) is 19.0 Å². The second kappa shape index (κ2) is 12.5. The fourth-order valence-corrected chi connectivity index (χ4v) is 10.5. The van der Waals surface area contributed by atoms with Crippen molar-refractivity contribution < 1.29 is 19.0 Å². The Morgan fingerprint density at radius 2 is 1.16 bits per heavy atom. The molecule has 0 aliphatic carbocycles. The van der Waals surface area contributed by atoms with Crippen molar-refractivity contribution >= 4 is 29.1 Å². The third-order valence-electron chi connectivity index (χ3n) is 7.26. The molecule has 0 spiro atoms. The van der Waals surface area contributed by atoms with Crippen molar-refractivity contribution in [2.75, 3.05) is 12.8 Å². The van der Waals surface area contributed by atoms with Crippen molar-refractivity contribution in [1.82, 2.24) is 0 Å². The summed E-state index contributed by atoms with van der Waals surface area (Å²) in [5, 5.41) is 4.02. The van der Waals surface area contributed by atoms with E-state index in [0.717, 1.165) is 11.7 Å². The van der Waals surface area contributed by atoms with Crippen LogP contribution in [-0.4, -0.2) is 30.9 Å². The van der Waals surface area contributed by atoms with Gasteiger partial charge in [-0.2, -0.15) is 0 Å². The van der Waals surface area contributed by atoms with E-state index in [0.29, 0.717) is 13.0 Å². The van der Waals surface area contributed by atoms with Crippen molar-refractivity contribution in [3.8, 4) is 0 Å². The summed E-state index contributed by atoms with van der Waals surface area (Å²) in [4.78, 5) is 12.5. The Bertz CT molecular complexity index is 1190. The van der Waals surface area contributed by atoms with Crippen LogP contribution in [0.15, 0.2) is 121 Å². The van der Waals surface area contributed by atoms with Crippen LogP contribution in [0.25, 0.3) is 0 Å². The Morgan fingerprint density at radius 3 is 1.63 bits per heavy atom. The maximum absolute atomic E-state index is 12.5. The molecule has 196 valence electrons. The van der Waals surface area contributed by atoms with Crippen LogP contribution in [0, 0.1) is 0 Å². The summed E-state index contributed by atoms with van der Waals surface area (Å²) in [7, 11) is -2.52. The van der Waals surface area contributed by atoms with Crippen LogP contribution in [0.1, 0.15) is 31.6 Å². The van der Waals surface area contributed by atoms with Crippen molar-refractivity contribution in [3.05, 3.63) is 127 Å². The average Bonchev–Trinajstić information content (AvgIpc) is 2.98. The van der Waals surface area contributed by atoms with Gasteiger partial charge in [-0.1, -0.05) is 0 Å². The number of rotatable bonds is 9. The SMILES string of the molecule is CCOC(=O)C[C@H]1C[C@@H](C[PH](c2ccccc2)(c2ccccc2)c2ccccc2)OC(c2ccccc2)O1. The Kier molecular flexibility index (Phi) is 8.65. The number of hydrogen-bond acceptors (Lipinski definition) is 4. The molecule has 4 nitrogen and oxygen atoms in total. The van der Waals surface area contributed by atoms with E-state index in [1.807, 2.05) is 37.3 Å². The minimum absolute atomic E-state index is 0.110. The van der Waals surface area contributed by atoms with Crippen molar-refractivity contribution in [2.24, 2.45) is 0 Å². The molecule has 1 saturated heterocycles. The predicted octanol–water partition coefficient (Wildman–Crippen LogP) is 5.54. The molecule has 0 saturated carbocycles. The molecule has 0 amide bonds. The Morgan fingerprint density at radius 1 is 0.711 bits per heavy atom. The molecule has 3 atom stereocenters. The maximum atomic E-state index is 12.5. The number of carbonyl (C=O) groups excluding carboxylic acids is 1. The molecule has 5 rings (SSSR count). The van der Waals surface area contributed by atoms with E-state index in [9.17, 15) is 4.79 Å². The fraction of sp³-hybridized carbons (Fsp3) is 0.242. The van der Waals surface area contributed by atoms with Crippen molar-refractivity contribution in [3.63, 3.8) is 0 Å². The summed E-state index contributed by atoms with van der Waals surface area (Å²) in [5.74, 6) is -0.234. The van der Waals surface area contributed by atoms with Gasteiger partial charge in [0.25, 0.3) is 0 Å². The molecular formula is C33H35O4P. The van der Waals surface area contributed by atoms with Crippen LogP contribution >= 0.6 is 7.26 Å². The van der Waals surface area contributed by atoms with Gasteiger partial charge in [0.1, 0.15) is 0 Å². The van der Waals surface area contributed by atoms with E-state index in [1.54, 1.807) is 0 Å². The number of ether oxygens (including phenoxy) is 3. The van der Waals surface area contributed by atoms with Gasteiger partial charge in [-0.25, -0.2) is 0 Å². The Labute approximate surface area is 225 Å². The molecule has 0 N–H and O–H groups in total. The first kappa shape index (κ1) is 26.3. The molecule has 1 fully saturated rings. The predicted molar refractivity (Wildman–Crippen MR) is 156 cm³/mol. The molecule has 1 heterocycles. The van der Waals surface area contributed by atoms with Gasteiger partial charge >= 0.3 is 226 Å². The number of benzene rings is 4. The van der Waals surface area contributed by atoms with Gasteiger partial charge < -0.3 is 0 Å². The van der Waals surface area contributed by atoms with Gasteiger partial charge in [-0.05, 0) is 0 Å².